The number of thiophene rings is 1. The van der Waals surface area contributed by atoms with Crippen molar-refractivity contribution in [2.75, 3.05) is 12.3 Å². The summed E-state index contributed by atoms with van der Waals surface area (Å²) in [6.07, 6.45) is 3.41. The molecular formula is C11H15N3OS. The van der Waals surface area contributed by atoms with Crippen LogP contribution in [0.2, 0.25) is 0 Å². The highest BCUT2D eigenvalue weighted by molar-refractivity contribution is 7.16. The first-order valence-electron chi connectivity index (χ1n) is 5.44. The SMILES string of the molecule is CCCCCOc1nc(N)nc2sccc12. The second-order valence-electron chi connectivity index (χ2n) is 3.58. The second-order valence-corrected chi connectivity index (χ2v) is 4.48. The van der Waals surface area contributed by atoms with Gasteiger partial charge in [0.15, 0.2) is 0 Å². The van der Waals surface area contributed by atoms with E-state index in [1.54, 1.807) is 11.3 Å². The van der Waals surface area contributed by atoms with Crippen LogP contribution in [-0.4, -0.2) is 16.6 Å². The van der Waals surface area contributed by atoms with Gasteiger partial charge in [0.25, 0.3) is 0 Å². The third kappa shape index (κ3) is 2.41. The van der Waals surface area contributed by atoms with Crippen LogP contribution < -0.4 is 10.5 Å². The summed E-state index contributed by atoms with van der Waals surface area (Å²) in [5, 5.41) is 2.92. The molecule has 0 aliphatic heterocycles. The maximum absolute atomic E-state index is 5.64. The number of fused-ring (bicyclic) bond motifs is 1. The lowest BCUT2D eigenvalue weighted by Gasteiger charge is -2.06. The van der Waals surface area contributed by atoms with Gasteiger partial charge in [-0.1, -0.05) is 19.8 Å². The highest BCUT2D eigenvalue weighted by Gasteiger charge is 2.07. The van der Waals surface area contributed by atoms with E-state index in [1.807, 2.05) is 11.4 Å². The van der Waals surface area contributed by atoms with E-state index in [-0.39, 0.29) is 5.95 Å². The first-order chi connectivity index (χ1) is 7.81. The molecule has 2 heterocycles. The number of nitrogens with zero attached hydrogens (tertiary/aromatic N) is 2. The highest BCUT2D eigenvalue weighted by atomic mass is 32.1. The fourth-order valence-electron chi connectivity index (χ4n) is 1.47. The van der Waals surface area contributed by atoms with Crippen molar-refractivity contribution >= 4 is 27.5 Å². The van der Waals surface area contributed by atoms with Crippen molar-refractivity contribution in [3.05, 3.63) is 11.4 Å². The smallest absolute Gasteiger partial charge is 0.227 e. The third-order valence-corrected chi connectivity index (χ3v) is 3.10. The number of aromatic nitrogens is 2. The number of nitrogen functional groups attached to an aromatic ring is 1. The molecule has 2 rings (SSSR count). The van der Waals surface area contributed by atoms with Crippen molar-refractivity contribution in [2.24, 2.45) is 0 Å². The number of anilines is 1. The minimum atomic E-state index is 0.278. The number of hydrogen-bond donors (Lipinski definition) is 1. The first kappa shape index (κ1) is 11.1. The van der Waals surface area contributed by atoms with E-state index in [4.69, 9.17) is 10.5 Å². The van der Waals surface area contributed by atoms with Crippen molar-refractivity contribution < 1.29 is 4.74 Å². The summed E-state index contributed by atoms with van der Waals surface area (Å²) in [5.41, 5.74) is 5.62. The third-order valence-electron chi connectivity index (χ3n) is 2.29. The summed E-state index contributed by atoms with van der Waals surface area (Å²) in [5.74, 6) is 0.889. The number of rotatable bonds is 5. The molecule has 0 fully saturated rings. The molecule has 0 bridgehead atoms. The van der Waals surface area contributed by atoms with Gasteiger partial charge in [-0.25, -0.2) is 4.98 Å². The summed E-state index contributed by atoms with van der Waals surface area (Å²) < 4.78 is 5.64. The summed E-state index contributed by atoms with van der Waals surface area (Å²) in [6, 6.07) is 1.97. The van der Waals surface area contributed by atoms with Gasteiger partial charge >= 0.3 is 0 Å². The molecule has 0 saturated carbocycles. The van der Waals surface area contributed by atoms with Gasteiger partial charge in [0.2, 0.25) is 11.8 Å². The zero-order chi connectivity index (χ0) is 11.4. The quantitative estimate of drug-likeness (QED) is 0.812. The Bertz CT molecular complexity index is 469. The Balaban J connectivity index is 2.12. The molecule has 4 nitrogen and oxygen atoms in total. The van der Waals surface area contributed by atoms with Crippen LogP contribution in [0.4, 0.5) is 5.95 Å². The molecule has 0 radical (unpaired) electrons. The van der Waals surface area contributed by atoms with E-state index in [1.165, 1.54) is 12.8 Å². The Labute approximate surface area is 98.5 Å². The van der Waals surface area contributed by atoms with Gasteiger partial charge in [-0.2, -0.15) is 4.98 Å². The van der Waals surface area contributed by atoms with E-state index in [2.05, 4.69) is 16.9 Å². The van der Waals surface area contributed by atoms with Crippen molar-refractivity contribution in [1.29, 1.82) is 0 Å². The predicted molar refractivity (Wildman–Crippen MR) is 66.8 cm³/mol. The molecule has 0 unspecified atom stereocenters. The van der Waals surface area contributed by atoms with Crippen molar-refractivity contribution in [3.63, 3.8) is 0 Å². The molecular weight excluding hydrogens is 222 g/mol. The van der Waals surface area contributed by atoms with Crippen LogP contribution in [0.3, 0.4) is 0 Å². The average molecular weight is 237 g/mol. The molecule has 2 aromatic heterocycles. The van der Waals surface area contributed by atoms with E-state index < -0.39 is 0 Å². The van der Waals surface area contributed by atoms with Crippen LogP contribution >= 0.6 is 11.3 Å². The van der Waals surface area contributed by atoms with Crippen LogP contribution in [-0.2, 0) is 0 Å². The lowest BCUT2D eigenvalue weighted by atomic mass is 10.3. The van der Waals surface area contributed by atoms with Crippen LogP contribution in [0.5, 0.6) is 5.88 Å². The molecule has 2 aromatic rings. The average Bonchev–Trinajstić information content (AvgIpc) is 2.72. The molecule has 16 heavy (non-hydrogen) atoms. The molecule has 5 heteroatoms. The topological polar surface area (TPSA) is 61.0 Å². The standard InChI is InChI=1S/C11H15N3OS/c1-2-3-4-6-15-9-8-5-7-16-10(8)14-11(12)13-9/h5,7H,2-4,6H2,1H3,(H2,12,13,14). The summed E-state index contributed by atoms with van der Waals surface area (Å²) in [6.45, 7) is 2.86. The largest absolute Gasteiger partial charge is 0.477 e. The number of unbranched alkanes of at least 4 members (excludes halogenated alkanes) is 2. The lowest BCUT2D eigenvalue weighted by Crippen LogP contribution is -2.02. The molecule has 0 amide bonds. The van der Waals surface area contributed by atoms with Crippen molar-refractivity contribution in [3.8, 4) is 5.88 Å². The van der Waals surface area contributed by atoms with Gasteiger partial charge in [-0.3, -0.25) is 0 Å². The Hall–Kier alpha value is -1.36. The molecule has 0 aliphatic rings. The zero-order valence-corrected chi connectivity index (χ0v) is 10.1. The monoisotopic (exact) mass is 237 g/mol. The Kier molecular flexibility index (Phi) is 3.56. The van der Waals surface area contributed by atoms with Gasteiger partial charge in [0.1, 0.15) is 4.83 Å². The van der Waals surface area contributed by atoms with Crippen molar-refractivity contribution in [2.45, 2.75) is 26.2 Å². The van der Waals surface area contributed by atoms with Crippen molar-refractivity contribution in [1.82, 2.24) is 9.97 Å². The van der Waals surface area contributed by atoms with E-state index in [0.717, 1.165) is 16.6 Å². The lowest BCUT2D eigenvalue weighted by molar-refractivity contribution is 0.299. The van der Waals surface area contributed by atoms with E-state index in [0.29, 0.717) is 12.5 Å². The highest BCUT2D eigenvalue weighted by Crippen LogP contribution is 2.27. The Morgan fingerprint density at radius 1 is 1.38 bits per heavy atom. The Morgan fingerprint density at radius 2 is 2.25 bits per heavy atom. The normalized spacial score (nSPS) is 10.8. The number of nitrogens with two attached hydrogens (primary N) is 1. The molecule has 2 N–H and O–H groups in total. The van der Waals surface area contributed by atoms with Gasteiger partial charge in [-0.15, -0.1) is 11.3 Å². The predicted octanol–water partition coefficient (Wildman–Crippen LogP) is 2.84. The maximum Gasteiger partial charge on any atom is 0.227 e. The van der Waals surface area contributed by atoms with Gasteiger partial charge in [0, 0.05) is 0 Å². The summed E-state index contributed by atoms with van der Waals surface area (Å²) in [4.78, 5) is 9.16. The summed E-state index contributed by atoms with van der Waals surface area (Å²) >= 11 is 1.55. The first-order valence-corrected chi connectivity index (χ1v) is 6.32. The minimum absolute atomic E-state index is 0.278. The molecule has 86 valence electrons. The van der Waals surface area contributed by atoms with Crippen LogP contribution in [0.1, 0.15) is 26.2 Å². The maximum atomic E-state index is 5.64. The molecule has 0 spiro atoms. The molecule has 0 atom stereocenters. The number of hydrogen-bond acceptors (Lipinski definition) is 5. The van der Waals surface area contributed by atoms with Gasteiger partial charge < -0.3 is 10.5 Å². The van der Waals surface area contributed by atoms with Gasteiger partial charge in [-0.05, 0) is 17.9 Å². The second kappa shape index (κ2) is 5.12. The summed E-state index contributed by atoms with van der Waals surface area (Å²) in [7, 11) is 0. The van der Waals surface area contributed by atoms with E-state index >= 15 is 0 Å². The fourth-order valence-corrected chi connectivity index (χ4v) is 2.24. The van der Waals surface area contributed by atoms with E-state index in [9.17, 15) is 0 Å². The molecule has 0 aliphatic carbocycles. The molecule has 0 saturated heterocycles. The zero-order valence-electron chi connectivity index (χ0n) is 9.27. The van der Waals surface area contributed by atoms with Crippen LogP contribution in [0.25, 0.3) is 10.2 Å². The number of ether oxygens (including phenoxy) is 1. The van der Waals surface area contributed by atoms with Crippen LogP contribution in [0.15, 0.2) is 11.4 Å². The minimum Gasteiger partial charge on any atom is -0.477 e. The van der Waals surface area contributed by atoms with Crippen LogP contribution in [0, 0.1) is 0 Å². The fraction of sp³-hybridized carbons (Fsp3) is 0.455. The Morgan fingerprint density at radius 3 is 3.06 bits per heavy atom. The molecule has 0 aromatic carbocycles. The van der Waals surface area contributed by atoms with Gasteiger partial charge in [0.05, 0.1) is 12.0 Å².